The Hall–Kier alpha value is -1.46. The van der Waals surface area contributed by atoms with Crippen LogP contribution in [0.15, 0.2) is 36.5 Å². The second-order valence-corrected chi connectivity index (χ2v) is 5.99. The van der Waals surface area contributed by atoms with Crippen molar-refractivity contribution >= 4 is 32.7 Å². The summed E-state index contributed by atoms with van der Waals surface area (Å²) >= 11 is 3.46. The molecule has 1 saturated heterocycles. The summed E-state index contributed by atoms with van der Waals surface area (Å²) in [5.74, 6) is 0.118. The van der Waals surface area contributed by atoms with E-state index in [9.17, 15) is 4.79 Å². The van der Waals surface area contributed by atoms with Crippen LogP contribution in [0.3, 0.4) is 0 Å². The minimum atomic E-state index is 0.118. The average molecular weight is 348 g/mol. The van der Waals surface area contributed by atoms with Crippen LogP contribution in [-0.2, 0) is 0 Å². The third-order valence-corrected chi connectivity index (χ3v) is 4.29. The lowest BCUT2D eigenvalue weighted by atomic mass is 10.1. The van der Waals surface area contributed by atoms with Gasteiger partial charge in [0.05, 0.1) is 11.1 Å². The van der Waals surface area contributed by atoms with Crippen LogP contribution < -0.4 is 0 Å². The van der Waals surface area contributed by atoms with Crippen LogP contribution in [0.25, 0.3) is 10.9 Å². The standard InChI is InChI=1S/C16H18BrN3O/c17-6-8-19-9-11-20(12-10-19)16(21)14-5-7-18-15-4-2-1-3-13(14)15/h1-5,7H,6,8-12H2. The predicted molar refractivity (Wildman–Crippen MR) is 87.9 cm³/mol. The Morgan fingerprint density at radius 3 is 2.67 bits per heavy atom. The monoisotopic (exact) mass is 347 g/mol. The van der Waals surface area contributed by atoms with Gasteiger partial charge >= 0.3 is 0 Å². The van der Waals surface area contributed by atoms with Gasteiger partial charge in [0, 0.05) is 49.6 Å². The molecule has 0 aliphatic carbocycles. The molecular formula is C16H18BrN3O. The Morgan fingerprint density at radius 2 is 1.90 bits per heavy atom. The second kappa shape index (κ2) is 6.54. The van der Waals surface area contributed by atoms with Gasteiger partial charge in [-0.05, 0) is 12.1 Å². The molecule has 0 saturated carbocycles. The van der Waals surface area contributed by atoms with E-state index in [1.165, 1.54) is 0 Å². The van der Waals surface area contributed by atoms with Gasteiger partial charge in [0.25, 0.3) is 5.91 Å². The molecule has 0 atom stereocenters. The minimum Gasteiger partial charge on any atom is -0.336 e. The number of fused-ring (bicyclic) bond motifs is 1. The first-order valence-corrected chi connectivity index (χ1v) is 8.33. The minimum absolute atomic E-state index is 0.118. The number of para-hydroxylation sites is 1. The fourth-order valence-corrected chi connectivity index (χ4v) is 3.25. The van der Waals surface area contributed by atoms with Crippen molar-refractivity contribution in [3.63, 3.8) is 0 Å². The molecule has 4 nitrogen and oxygen atoms in total. The van der Waals surface area contributed by atoms with Gasteiger partial charge in [-0.1, -0.05) is 34.1 Å². The van der Waals surface area contributed by atoms with E-state index in [1.54, 1.807) is 6.20 Å². The van der Waals surface area contributed by atoms with Crippen molar-refractivity contribution in [1.29, 1.82) is 0 Å². The zero-order valence-corrected chi connectivity index (χ0v) is 13.4. The number of hydrogen-bond donors (Lipinski definition) is 0. The number of alkyl halides is 1. The molecule has 110 valence electrons. The van der Waals surface area contributed by atoms with Crippen molar-refractivity contribution in [3.05, 3.63) is 42.1 Å². The fraction of sp³-hybridized carbons (Fsp3) is 0.375. The molecular weight excluding hydrogens is 330 g/mol. The highest BCUT2D eigenvalue weighted by atomic mass is 79.9. The molecule has 0 bridgehead atoms. The summed E-state index contributed by atoms with van der Waals surface area (Å²) < 4.78 is 0. The fourth-order valence-electron chi connectivity index (χ4n) is 2.75. The van der Waals surface area contributed by atoms with Gasteiger partial charge in [0.15, 0.2) is 0 Å². The first kappa shape index (κ1) is 14.5. The van der Waals surface area contributed by atoms with E-state index in [2.05, 4.69) is 25.8 Å². The van der Waals surface area contributed by atoms with E-state index in [4.69, 9.17) is 0 Å². The number of piperazine rings is 1. The number of nitrogens with zero attached hydrogens (tertiary/aromatic N) is 3. The van der Waals surface area contributed by atoms with Crippen molar-refractivity contribution < 1.29 is 4.79 Å². The molecule has 0 spiro atoms. The summed E-state index contributed by atoms with van der Waals surface area (Å²) in [6, 6.07) is 9.64. The Morgan fingerprint density at radius 1 is 1.14 bits per heavy atom. The number of carbonyl (C=O) groups excluding carboxylic acids is 1. The molecule has 5 heteroatoms. The number of pyridine rings is 1. The van der Waals surface area contributed by atoms with Gasteiger partial charge in [-0.15, -0.1) is 0 Å². The Balaban J connectivity index is 1.79. The predicted octanol–water partition coefficient (Wildman–Crippen LogP) is 2.39. The first-order valence-electron chi connectivity index (χ1n) is 7.21. The quantitative estimate of drug-likeness (QED) is 0.800. The van der Waals surface area contributed by atoms with E-state index in [1.807, 2.05) is 35.2 Å². The van der Waals surface area contributed by atoms with E-state index in [-0.39, 0.29) is 5.91 Å². The van der Waals surface area contributed by atoms with Crippen LogP contribution in [0.4, 0.5) is 0 Å². The van der Waals surface area contributed by atoms with Crippen molar-refractivity contribution in [2.75, 3.05) is 38.1 Å². The van der Waals surface area contributed by atoms with Crippen LogP contribution in [0, 0.1) is 0 Å². The maximum atomic E-state index is 12.7. The summed E-state index contributed by atoms with van der Waals surface area (Å²) in [7, 11) is 0. The summed E-state index contributed by atoms with van der Waals surface area (Å²) in [6.07, 6.45) is 1.72. The second-order valence-electron chi connectivity index (χ2n) is 5.20. The first-order chi connectivity index (χ1) is 10.3. The number of halogens is 1. The van der Waals surface area contributed by atoms with Crippen LogP contribution in [0.5, 0.6) is 0 Å². The summed E-state index contributed by atoms with van der Waals surface area (Å²) in [5, 5.41) is 1.92. The van der Waals surface area contributed by atoms with Gasteiger partial charge < -0.3 is 4.90 Å². The van der Waals surface area contributed by atoms with Crippen LogP contribution in [-0.4, -0.2) is 58.7 Å². The lowest BCUT2D eigenvalue weighted by Gasteiger charge is -2.34. The number of carbonyl (C=O) groups is 1. The van der Waals surface area contributed by atoms with Crippen molar-refractivity contribution in [1.82, 2.24) is 14.8 Å². The molecule has 0 unspecified atom stereocenters. The number of hydrogen-bond acceptors (Lipinski definition) is 3. The van der Waals surface area contributed by atoms with E-state index >= 15 is 0 Å². The number of aromatic nitrogens is 1. The zero-order valence-electron chi connectivity index (χ0n) is 11.8. The summed E-state index contributed by atoms with van der Waals surface area (Å²) in [4.78, 5) is 21.4. The number of amides is 1. The van der Waals surface area contributed by atoms with Crippen LogP contribution in [0.2, 0.25) is 0 Å². The molecule has 1 fully saturated rings. The van der Waals surface area contributed by atoms with Gasteiger partial charge in [-0.2, -0.15) is 0 Å². The molecule has 1 aromatic heterocycles. The van der Waals surface area contributed by atoms with Crippen LogP contribution in [0.1, 0.15) is 10.4 Å². The lowest BCUT2D eigenvalue weighted by Crippen LogP contribution is -2.49. The maximum absolute atomic E-state index is 12.7. The van der Waals surface area contributed by atoms with Gasteiger partial charge in [-0.3, -0.25) is 14.7 Å². The molecule has 2 heterocycles. The SMILES string of the molecule is O=C(c1ccnc2ccccc12)N1CCN(CCBr)CC1. The number of rotatable bonds is 3. The smallest absolute Gasteiger partial charge is 0.254 e. The summed E-state index contributed by atoms with van der Waals surface area (Å²) in [6.45, 7) is 4.52. The molecule has 1 amide bonds. The Labute approximate surface area is 132 Å². The molecule has 0 N–H and O–H groups in total. The van der Waals surface area contributed by atoms with E-state index in [0.717, 1.165) is 54.5 Å². The normalized spacial score (nSPS) is 16.3. The van der Waals surface area contributed by atoms with Crippen molar-refractivity contribution in [2.24, 2.45) is 0 Å². The molecule has 3 rings (SSSR count). The topological polar surface area (TPSA) is 36.4 Å². The van der Waals surface area contributed by atoms with Crippen molar-refractivity contribution in [2.45, 2.75) is 0 Å². The number of benzene rings is 1. The van der Waals surface area contributed by atoms with Gasteiger partial charge in [-0.25, -0.2) is 0 Å². The van der Waals surface area contributed by atoms with Crippen LogP contribution >= 0.6 is 15.9 Å². The highest BCUT2D eigenvalue weighted by Gasteiger charge is 2.22. The highest BCUT2D eigenvalue weighted by Crippen LogP contribution is 2.18. The van der Waals surface area contributed by atoms with Gasteiger partial charge in [0.2, 0.25) is 0 Å². The third kappa shape index (κ3) is 3.09. The zero-order chi connectivity index (χ0) is 14.7. The van der Waals surface area contributed by atoms with E-state index < -0.39 is 0 Å². The Kier molecular flexibility index (Phi) is 4.51. The molecule has 1 aromatic carbocycles. The van der Waals surface area contributed by atoms with Gasteiger partial charge in [0.1, 0.15) is 0 Å². The molecule has 0 radical (unpaired) electrons. The highest BCUT2D eigenvalue weighted by molar-refractivity contribution is 9.09. The largest absolute Gasteiger partial charge is 0.336 e. The Bertz CT molecular complexity index is 633. The van der Waals surface area contributed by atoms with Crippen molar-refractivity contribution in [3.8, 4) is 0 Å². The van der Waals surface area contributed by atoms with E-state index in [0.29, 0.717) is 0 Å². The molecule has 2 aromatic rings. The average Bonchev–Trinajstić information content (AvgIpc) is 2.55. The maximum Gasteiger partial charge on any atom is 0.254 e. The third-order valence-electron chi connectivity index (χ3n) is 3.94. The molecule has 1 aliphatic heterocycles. The molecule has 1 aliphatic rings. The lowest BCUT2D eigenvalue weighted by molar-refractivity contribution is 0.0647. The summed E-state index contributed by atoms with van der Waals surface area (Å²) in [5.41, 5.74) is 1.64. The molecule has 21 heavy (non-hydrogen) atoms.